The molecule has 0 bridgehead atoms. The molecule has 4 nitrogen and oxygen atoms in total. The average molecular weight is 238 g/mol. The highest BCUT2D eigenvalue weighted by molar-refractivity contribution is 5.41. The summed E-state index contributed by atoms with van der Waals surface area (Å²) in [6.45, 7) is 4.89. The highest BCUT2D eigenvalue weighted by Gasteiger charge is 2.07. The summed E-state index contributed by atoms with van der Waals surface area (Å²) in [5, 5.41) is 12.8. The van der Waals surface area contributed by atoms with Gasteiger partial charge in [-0.3, -0.25) is 0 Å². The number of nitrogens with one attached hydrogen (secondary N) is 1. The molecule has 4 N–H and O–H groups in total. The first-order valence-corrected chi connectivity index (χ1v) is 5.87. The van der Waals surface area contributed by atoms with Crippen molar-refractivity contribution in [3.8, 4) is 11.5 Å². The number of phenolic OH excluding ortho intramolecular Hbond substituents is 1. The van der Waals surface area contributed by atoms with Crippen molar-refractivity contribution in [1.29, 1.82) is 0 Å². The Morgan fingerprint density at radius 1 is 1.41 bits per heavy atom. The Kier molecular flexibility index (Phi) is 5.25. The molecule has 2 unspecified atom stereocenters. The largest absolute Gasteiger partial charge is 0.504 e. The topological polar surface area (TPSA) is 67.5 Å². The van der Waals surface area contributed by atoms with Crippen molar-refractivity contribution in [2.24, 2.45) is 5.73 Å². The maximum atomic E-state index is 9.49. The molecule has 2 atom stereocenters. The van der Waals surface area contributed by atoms with Crippen molar-refractivity contribution in [1.82, 2.24) is 5.32 Å². The average Bonchev–Trinajstić information content (AvgIpc) is 2.29. The standard InChI is InChI=1S/C13H22N2O2/c1-9(14)8-15-10(2)6-11-4-5-12(16)13(7-11)17-3/h4-5,7,9-10,15-16H,6,8,14H2,1-3H3. The first-order valence-electron chi connectivity index (χ1n) is 5.87. The fourth-order valence-electron chi connectivity index (χ4n) is 1.66. The third-order valence-corrected chi connectivity index (χ3v) is 2.57. The number of hydrogen-bond acceptors (Lipinski definition) is 4. The van der Waals surface area contributed by atoms with E-state index in [1.165, 1.54) is 0 Å². The number of phenols is 1. The van der Waals surface area contributed by atoms with E-state index in [0.717, 1.165) is 18.5 Å². The monoisotopic (exact) mass is 238 g/mol. The third-order valence-electron chi connectivity index (χ3n) is 2.57. The van der Waals surface area contributed by atoms with Gasteiger partial charge in [-0.2, -0.15) is 0 Å². The lowest BCUT2D eigenvalue weighted by molar-refractivity contribution is 0.372. The summed E-state index contributed by atoms with van der Waals surface area (Å²) in [5.41, 5.74) is 6.81. The van der Waals surface area contributed by atoms with Crippen molar-refractivity contribution < 1.29 is 9.84 Å². The van der Waals surface area contributed by atoms with Gasteiger partial charge in [-0.15, -0.1) is 0 Å². The van der Waals surface area contributed by atoms with Crippen LogP contribution in [0.25, 0.3) is 0 Å². The van der Waals surface area contributed by atoms with Crippen LogP contribution in [-0.2, 0) is 6.42 Å². The lowest BCUT2D eigenvalue weighted by atomic mass is 10.1. The number of hydrogen-bond donors (Lipinski definition) is 3. The highest BCUT2D eigenvalue weighted by atomic mass is 16.5. The van der Waals surface area contributed by atoms with E-state index in [9.17, 15) is 5.11 Å². The van der Waals surface area contributed by atoms with Gasteiger partial charge in [0.1, 0.15) is 0 Å². The van der Waals surface area contributed by atoms with E-state index in [1.807, 2.05) is 19.1 Å². The van der Waals surface area contributed by atoms with Gasteiger partial charge in [0.15, 0.2) is 11.5 Å². The molecule has 0 spiro atoms. The van der Waals surface area contributed by atoms with Crippen molar-refractivity contribution >= 4 is 0 Å². The molecule has 96 valence electrons. The van der Waals surface area contributed by atoms with Gasteiger partial charge in [0, 0.05) is 18.6 Å². The van der Waals surface area contributed by atoms with Crippen molar-refractivity contribution in [3.05, 3.63) is 23.8 Å². The van der Waals surface area contributed by atoms with Crippen LogP contribution in [0.3, 0.4) is 0 Å². The lowest BCUT2D eigenvalue weighted by Crippen LogP contribution is -2.37. The fraction of sp³-hybridized carbons (Fsp3) is 0.538. The molecule has 0 heterocycles. The Labute approximate surface area is 103 Å². The van der Waals surface area contributed by atoms with Crippen molar-refractivity contribution in [3.63, 3.8) is 0 Å². The first-order chi connectivity index (χ1) is 8.02. The zero-order valence-electron chi connectivity index (χ0n) is 10.7. The van der Waals surface area contributed by atoms with Gasteiger partial charge >= 0.3 is 0 Å². The molecule has 0 aromatic heterocycles. The second-order valence-electron chi connectivity index (χ2n) is 4.50. The predicted octanol–water partition coefficient (Wildman–Crippen LogP) is 1.27. The number of ether oxygens (including phenoxy) is 1. The van der Waals surface area contributed by atoms with Gasteiger partial charge in [0.05, 0.1) is 7.11 Å². The van der Waals surface area contributed by atoms with Crippen LogP contribution in [0.2, 0.25) is 0 Å². The minimum absolute atomic E-state index is 0.159. The fourth-order valence-corrected chi connectivity index (χ4v) is 1.66. The van der Waals surface area contributed by atoms with E-state index < -0.39 is 0 Å². The van der Waals surface area contributed by atoms with Crippen LogP contribution in [0, 0.1) is 0 Å². The maximum Gasteiger partial charge on any atom is 0.160 e. The summed E-state index contributed by atoms with van der Waals surface area (Å²) in [6.07, 6.45) is 0.878. The molecular weight excluding hydrogens is 216 g/mol. The van der Waals surface area contributed by atoms with Gasteiger partial charge < -0.3 is 20.9 Å². The van der Waals surface area contributed by atoms with Crippen molar-refractivity contribution in [2.45, 2.75) is 32.4 Å². The molecule has 0 aliphatic carbocycles. The highest BCUT2D eigenvalue weighted by Crippen LogP contribution is 2.26. The molecule has 0 aliphatic rings. The number of benzene rings is 1. The Bertz CT molecular complexity index is 353. The molecule has 0 saturated carbocycles. The molecular formula is C13H22N2O2. The molecule has 0 amide bonds. The summed E-state index contributed by atoms with van der Waals surface area (Å²) < 4.78 is 5.07. The van der Waals surface area contributed by atoms with Gasteiger partial charge in [0.2, 0.25) is 0 Å². The molecule has 1 rings (SSSR count). The van der Waals surface area contributed by atoms with E-state index in [2.05, 4.69) is 12.2 Å². The quantitative estimate of drug-likeness (QED) is 0.698. The molecule has 0 fully saturated rings. The predicted molar refractivity (Wildman–Crippen MR) is 69.5 cm³/mol. The van der Waals surface area contributed by atoms with Crippen LogP contribution in [0.1, 0.15) is 19.4 Å². The minimum Gasteiger partial charge on any atom is -0.504 e. The normalized spacial score (nSPS) is 14.4. The van der Waals surface area contributed by atoms with Crippen LogP contribution in [0.5, 0.6) is 11.5 Å². The minimum atomic E-state index is 0.159. The summed E-state index contributed by atoms with van der Waals surface area (Å²) in [4.78, 5) is 0. The van der Waals surface area contributed by atoms with E-state index in [4.69, 9.17) is 10.5 Å². The number of nitrogens with two attached hydrogens (primary N) is 1. The Hall–Kier alpha value is -1.26. The van der Waals surface area contributed by atoms with E-state index in [-0.39, 0.29) is 11.8 Å². The summed E-state index contributed by atoms with van der Waals surface area (Å²) in [7, 11) is 1.55. The molecule has 4 heteroatoms. The van der Waals surface area contributed by atoms with Crippen LogP contribution in [-0.4, -0.2) is 30.8 Å². The van der Waals surface area contributed by atoms with E-state index in [1.54, 1.807) is 13.2 Å². The zero-order valence-corrected chi connectivity index (χ0v) is 10.7. The zero-order chi connectivity index (χ0) is 12.8. The SMILES string of the molecule is COc1cc(CC(C)NCC(C)N)ccc1O. The summed E-state index contributed by atoms with van der Waals surface area (Å²) >= 11 is 0. The number of rotatable bonds is 6. The first kappa shape index (κ1) is 13.8. The van der Waals surface area contributed by atoms with Crippen molar-refractivity contribution in [2.75, 3.05) is 13.7 Å². The van der Waals surface area contributed by atoms with Gasteiger partial charge in [-0.1, -0.05) is 6.07 Å². The smallest absolute Gasteiger partial charge is 0.160 e. The molecule has 0 saturated heterocycles. The molecule has 0 aliphatic heterocycles. The van der Waals surface area contributed by atoms with Gasteiger partial charge in [0.25, 0.3) is 0 Å². The molecule has 1 aromatic rings. The number of methoxy groups -OCH3 is 1. The van der Waals surface area contributed by atoms with E-state index >= 15 is 0 Å². The Morgan fingerprint density at radius 3 is 2.71 bits per heavy atom. The van der Waals surface area contributed by atoms with Gasteiger partial charge in [-0.25, -0.2) is 0 Å². The van der Waals surface area contributed by atoms with Gasteiger partial charge in [-0.05, 0) is 38.0 Å². The van der Waals surface area contributed by atoms with Crippen LogP contribution in [0.4, 0.5) is 0 Å². The van der Waals surface area contributed by atoms with Crippen LogP contribution >= 0.6 is 0 Å². The molecule has 1 aromatic carbocycles. The Morgan fingerprint density at radius 2 is 2.12 bits per heavy atom. The lowest BCUT2D eigenvalue weighted by Gasteiger charge is -2.16. The summed E-state index contributed by atoms with van der Waals surface area (Å²) in [5.74, 6) is 0.689. The molecule has 0 radical (unpaired) electrons. The number of aromatic hydroxyl groups is 1. The third kappa shape index (κ3) is 4.63. The van der Waals surface area contributed by atoms with E-state index in [0.29, 0.717) is 11.8 Å². The van der Waals surface area contributed by atoms with Crippen LogP contribution < -0.4 is 15.8 Å². The second-order valence-corrected chi connectivity index (χ2v) is 4.50. The molecule has 17 heavy (non-hydrogen) atoms. The maximum absolute atomic E-state index is 9.49. The van der Waals surface area contributed by atoms with Crippen LogP contribution in [0.15, 0.2) is 18.2 Å². The summed E-state index contributed by atoms with van der Waals surface area (Å²) in [6, 6.07) is 5.93. The second kappa shape index (κ2) is 6.47. The Balaban J connectivity index is 2.56.